The summed E-state index contributed by atoms with van der Waals surface area (Å²) in [7, 11) is 0. The van der Waals surface area contributed by atoms with Crippen LogP contribution in [0.15, 0.2) is 72.3 Å². The molecule has 0 fully saturated rings. The minimum atomic E-state index is -1.23. The zero-order chi connectivity index (χ0) is 26.2. The Bertz CT molecular complexity index is 1920. The van der Waals surface area contributed by atoms with Gasteiger partial charge in [-0.25, -0.2) is 4.79 Å². The van der Waals surface area contributed by atoms with Crippen LogP contribution in [-0.2, 0) is 11.3 Å². The van der Waals surface area contributed by atoms with Crippen LogP contribution in [0.4, 0.5) is 0 Å². The Morgan fingerprint density at radius 3 is 2.55 bits per heavy atom. The lowest BCUT2D eigenvalue weighted by Crippen LogP contribution is -1.96. The Hall–Kier alpha value is -4.32. The molecule has 0 unspecified atom stereocenters. The van der Waals surface area contributed by atoms with Gasteiger partial charge in [0.25, 0.3) is 0 Å². The number of hydrogen-bond acceptors (Lipinski definition) is 6. The fraction of sp³-hybridized carbons (Fsp3) is 0.133. The molecule has 0 aliphatic heterocycles. The first-order chi connectivity index (χ1) is 18.6. The molecule has 0 amide bonds. The van der Waals surface area contributed by atoms with E-state index < -0.39 is 5.97 Å². The van der Waals surface area contributed by atoms with Crippen molar-refractivity contribution < 1.29 is 9.90 Å². The van der Waals surface area contributed by atoms with Gasteiger partial charge in [-0.15, -0.1) is 11.3 Å². The second-order valence-corrected chi connectivity index (χ2v) is 10.7. The summed E-state index contributed by atoms with van der Waals surface area (Å²) in [6.07, 6.45) is 3.68. The predicted octanol–water partition coefficient (Wildman–Crippen LogP) is 7.99. The number of carbonyl (C=O) groups is 1. The van der Waals surface area contributed by atoms with E-state index in [2.05, 4.69) is 74.8 Å². The van der Waals surface area contributed by atoms with Crippen LogP contribution in [0.25, 0.3) is 60.5 Å². The number of fused-ring (bicyclic) bond motifs is 4. The second kappa shape index (κ2) is 9.86. The molecule has 0 radical (unpaired) electrons. The maximum absolute atomic E-state index is 11.2. The molecule has 3 heterocycles. The van der Waals surface area contributed by atoms with Crippen molar-refractivity contribution in [1.82, 2.24) is 13.3 Å². The van der Waals surface area contributed by atoms with E-state index in [0.29, 0.717) is 4.88 Å². The lowest BCUT2D eigenvalue weighted by Gasteiger charge is -2.08. The fourth-order valence-corrected chi connectivity index (χ4v) is 6.49. The Kier molecular flexibility index (Phi) is 6.24. The van der Waals surface area contributed by atoms with Gasteiger partial charge in [0.2, 0.25) is 0 Å². The highest BCUT2D eigenvalue weighted by atomic mass is 32.1. The van der Waals surface area contributed by atoms with Gasteiger partial charge in [0.15, 0.2) is 0 Å². The number of nitriles is 1. The third kappa shape index (κ3) is 4.06. The number of aryl methyl sites for hydroxylation is 1. The van der Waals surface area contributed by atoms with Gasteiger partial charge in [0.05, 0.1) is 11.7 Å². The molecule has 3 aromatic heterocycles. The number of hydrogen-bond donors (Lipinski definition) is 1. The van der Waals surface area contributed by atoms with Crippen molar-refractivity contribution >= 4 is 67.9 Å². The van der Waals surface area contributed by atoms with Crippen molar-refractivity contribution in [3.8, 4) is 27.6 Å². The largest absolute Gasteiger partial charge is 0.477 e. The number of unbranched alkanes of at least 4 members (excludes halogenated alkanes) is 1. The molecule has 186 valence electrons. The second-order valence-electron chi connectivity index (χ2n) is 9.05. The molecule has 6 rings (SSSR count). The van der Waals surface area contributed by atoms with Crippen molar-refractivity contribution in [3.63, 3.8) is 0 Å². The minimum absolute atomic E-state index is 0.291. The monoisotopic (exact) mass is 534 g/mol. The van der Waals surface area contributed by atoms with Crippen LogP contribution in [0.3, 0.4) is 0 Å². The van der Waals surface area contributed by atoms with Crippen LogP contribution in [0.2, 0.25) is 0 Å². The lowest BCUT2D eigenvalue weighted by molar-refractivity contribution is -0.132. The number of benzene rings is 3. The van der Waals surface area contributed by atoms with Gasteiger partial charge in [0.1, 0.15) is 22.7 Å². The number of carboxylic acids is 1. The van der Waals surface area contributed by atoms with Gasteiger partial charge in [0, 0.05) is 49.2 Å². The molecule has 3 aromatic carbocycles. The molecule has 1 N–H and O–H groups in total. The summed E-state index contributed by atoms with van der Waals surface area (Å²) in [5, 5.41) is 20.7. The SMILES string of the molecule is CCCCn1c2ccccc2c2cc(-c3ccc(-c4ccc(/C=C(/C#N)C(=O)O)s4)c4nsnc34)ccc21. The maximum Gasteiger partial charge on any atom is 0.346 e. The average Bonchev–Trinajstić information content (AvgIpc) is 3.68. The summed E-state index contributed by atoms with van der Waals surface area (Å²) in [4.78, 5) is 12.9. The molecule has 6 nitrogen and oxygen atoms in total. The van der Waals surface area contributed by atoms with E-state index in [1.54, 1.807) is 6.07 Å². The molecule has 6 aromatic rings. The van der Waals surface area contributed by atoms with E-state index in [4.69, 9.17) is 5.26 Å². The van der Waals surface area contributed by atoms with Gasteiger partial charge < -0.3 is 9.67 Å². The molecule has 0 spiro atoms. The van der Waals surface area contributed by atoms with Crippen molar-refractivity contribution in [2.75, 3.05) is 0 Å². The van der Waals surface area contributed by atoms with Gasteiger partial charge in [-0.05, 0) is 48.4 Å². The van der Waals surface area contributed by atoms with E-state index in [0.717, 1.165) is 52.0 Å². The summed E-state index contributed by atoms with van der Waals surface area (Å²) < 4.78 is 11.7. The highest BCUT2D eigenvalue weighted by Crippen LogP contribution is 2.39. The number of aliphatic carboxylic acids is 1. The zero-order valence-corrected chi connectivity index (χ0v) is 22.1. The smallest absolute Gasteiger partial charge is 0.346 e. The van der Waals surface area contributed by atoms with Crippen LogP contribution in [0.1, 0.15) is 24.6 Å². The number of nitrogens with zero attached hydrogens (tertiary/aromatic N) is 4. The molecular formula is C30H22N4O2S2. The zero-order valence-electron chi connectivity index (χ0n) is 20.5. The number of rotatable bonds is 7. The number of para-hydroxylation sites is 1. The van der Waals surface area contributed by atoms with Crippen LogP contribution in [-0.4, -0.2) is 24.4 Å². The molecule has 8 heteroatoms. The molecule has 0 aliphatic rings. The standard InChI is InChI=1S/C30H22N4O2S2/c1-2-3-14-34-25-7-5-4-6-22(25)24-16-18(8-12-26(24)34)21-10-11-23(29-28(21)32-38-33-29)27-13-9-20(37-27)15-19(17-31)30(35)36/h4-13,15-16H,2-3,14H2,1H3,(H,35,36)/b19-15-. The van der Waals surface area contributed by atoms with E-state index in [1.807, 2.05) is 12.1 Å². The van der Waals surface area contributed by atoms with Crippen molar-refractivity contribution in [1.29, 1.82) is 5.26 Å². The molecule has 38 heavy (non-hydrogen) atoms. The van der Waals surface area contributed by atoms with Gasteiger partial charge >= 0.3 is 5.97 Å². The van der Waals surface area contributed by atoms with Crippen molar-refractivity contribution in [2.45, 2.75) is 26.3 Å². The number of aromatic nitrogens is 3. The van der Waals surface area contributed by atoms with Crippen molar-refractivity contribution in [2.24, 2.45) is 0 Å². The molecule has 0 aliphatic carbocycles. The lowest BCUT2D eigenvalue weighted by atomic mass is 9.99. The van der Waals surface area contributed by atoms with Gasteiger partial charge in [-0.3, -0.25) is 0 Å². The number of thiophene rings is 1. The summed E-state index contributed by atoms with van der Waals surface area (Å²) in [6, 6.07) is 24.8. The van der Waals surface area contributed by atoms with Crippen LogP contribution >= 0.6 is 23.1 Å². The van der Waals surface area contributed by atoms with Crippen LogP contribution in [0.5, 0.6) is 0 Å². The molecule has 0 saturated carbocycles. The normalized spacial score (nSPS) is 11.9. The first kappa shape index (κ1) is 24.0. The number of carboxylic acid groups (broad SMARTS) is 1. The van der Waals surface area contributed by atoms with E-state index in [9.17, 15) is 9.90 Å². The quantitative estimate of drug-likeness (QED) is 0.166. The minimum Gasteiger partial charge on any atom is -0.477 e. The van der Waals surface area contributed by atoms with Gasteiger partial charge in [-0.2, -0.15) is 14.0 Å². The van der Waals surface area contributed by atoms with Crippen LogP contribution < -0.4 is 0 Å². The molecule has 0 atom stereocenters. The van der Waals surface area contributed by atoms with Gasteiger partial charge in [-0.1, -0.05) is 49.7 Å². The molecular weight excluding hydrogens is 512 g/mol. The van der Waals surface area contributed by atoms with Crippen molar-refractivity contribution in [3.05, 3.63) is 77.2 Å². The average molecular weight is 535 g/mol. The van der Waals surface area contributed by atoms with E-state index in [1.165, 1.54) is 50.9 Å². The summed E-state index contributed by atoms with van der Waals surface area (Å²) >= 11 is 2.61. The highest BCUT2D eigenvalue weighted by Gasteiger charge is 2.17. The third-order valence-electron chi connectivity index (χ3n) is 6.76. The Morgan fingerprint density at radius 1 is 1.00 bits per heavy atom. The third-order valence-corrected chi connectivity index (χ3v) is 8.36. The highest BCUT2D eigenvalue weighted by molar-refractivity contribution is 7.16. The Balaban J connectivity index is 1.45. The first-order valence-corrected chi connectivity index (χ1v) is 13.9. The molecule has 0 saturated heterocycles. The summed E-state index contributed by atoms with van der Waals surface area (Å²) in [5.41, 5.74) is 6.92. The first-order valence-electron chi connectivity index (χ1n) is 12.3. The van der Waals surface area contributed by atoms with Crippen LogP contribution in [0, 0.1) is 11.3 Å². The molecule has 0 bridgehead atoms. The Morgan fingerprint density at radius 2 is 1.76 bits per heavy atom. The Labute approximate surface area is 227 Å². The summed E-state index contributed by atoms with van der Waals surface area (Å²) in [6.45, 7) is 3.21. The van der Waals surface area contributed by atoms with E-state index in [-0.39, 0.29) is 5.57 Å². The maximum atomic E-state index is 11.2. The fourth-order valence-electron chi connectivity index (χ4n) is 4.94. The van der Waals surface area contributed by atoms with E-state index >= 15 is 0 Å². The topological polar surface area (TPSA) is 91.8 Å². The summed E-state index contributed by atoms with van der Waals surface area (Å²) in [5.74, 6) is -1.23. The predicted molar refractivity (Wildman–Crippen MR) is 155 cm³/mol.